The van der Waals surface area contributed by atoms with Gasteiger partial charge in [0.05, 0.1) is 12.4 Å². The maximum atomic E-state index is 12.0. The fourth-order valence-corrected chi connectivity index (χ4v) is 2.75. The number of anilines is 1. The fraction of sp³-hybridized carbons (Fsp3) is 0.444. The number of nitrogens with zero attached hydrogens (tertiary/aromatic N) is 2. The zero-order valence-electron chi connectivity index (χ0n) is 14.4. The molecule has 1 aliphatic rings. The molecule has 0 spiro atoms. The third-order valence-electron chi connectivity index (χ3n) is 3.99. The predicted octanol–water partition coefficient (Wildman–Crippen LogP) is 2.65. The Morgan fingerprint density at radius 1 is 1.44 bits per heavy atom. The van der Waals surface area contributed by atoms with Crippen molar-refractivity contribution in [1.29, 1.82) is 0 Å². The van der Waals surface area contributed by atoms with Crippen LogP contribution in [0.3, 0.4) is 0 Å². The van der Waals surface area contributed by atoms with E-state index in [1.165, 1.54) is 0 Å². The molecule has 1 saturated heterocycles. The number of ether oxygens (including phenoxy) is 2. The summed E-state index contributed by atoms with van der Waals surface area (Å²) in [6, 6.07) is 7.10. The number of nitrogens with one attached hydrogen (secondary N) is 2. The number of benzene rings is 1. The van der Waals surface area contributed by atoms with Crippen LogP contribution >= 0.6 is 0 Å². The lowest BCUT2D eigenvalue weighted by atomic mass is 10.2. The minimum Gasteiger partial charge on any atom is -0.491 e. The molecule has 0 radical (unpaired) electrons. The van der Waals surface area contributed by atoms with Crippen LogP contribution in [0, 0.1) is 0 Å². The Morgan fingerprint density at radius 2 is 2.28 bits per heavy atom. The molecule has 1 aromatic carbocycles. The lowest BCUT2D eigenvalue weighted by Gasteiger charge is -2.15. The zero-order chi connectivity index (χ0) is 17.5. The summed E-state index contributed by atoms with van der Waals surface area (Å²) in [5.74, 6) is 0.773. The van der Waals surface area contributed by atoms with Crippen LogP contribution in [-0.2, 0) is 11.3 Å². The Balaban J connectivity index is 1.41. The number of aromatic nitrogens is 2. The summed E-state index contributed by atoms with van der Waals surface area (Å²) in [5, 5.41) is 5.72. The molecule has 2 atom stereocenters. The number of imidazole rings is 1. The van der Waals surface area contributed by atoms with Gasteiger partial charge < -0.3 is 24.7 Å². The zero-order valence-corrected chi connectivity index (χ0v) is 14.4. The van der Waals surface area contributed by atoms with Gasteiger partial charge in [-0.1, -0.05) is 0 Å². The maximum Gasteiger partial charge on any atom is 0.319 e. The molecule has 1 aromatic heterocycles. The minimum absolute atomic E-state index is 0.0109. The van der Waals surface area contributed by atoms with Crippen molar-refractivity contribution in [2.45, 2.75) is 38.5 Å². The highest BCUT2D eigenvalue weighted by atomic mass is 16.5. The van der Waals surface area contributed by atoms with Crippen molar-refractivity contribution >= 4 is 11.7 Å². The van der Waals surface area contributed by atoms with E-state index in [2.05, 4.69) is 15.6 Å². The number of rotatable bonds is 7. The van der Waals surface area contributed by atoms with Gasteiger partial charge in [0.15, 0.2) is 0 Å². The van der Waals surface area contributed by atoms with Crippen molar-refractivity contribution in [2.24, 2.45) is 0 Å². The van der Waals surface area contributed by atoms with E-state index in [0.717, 1.165) is 30.9 Å². The van der Waals surface area contributed by atoms with Crippen LogP contribution in [-0.4, -0.2) is 40.9 Å². The minimum atomic E-state index is -0.236. The van der Waals surface area contributed by atoms with Crippen molar-refractivity contribution in [1.82, 2.24) is 14.9 Å². The number of hydrogen-bond donors (Lipinski definition) is 2. The predicted molar refractivity (Wildman–Crippen MR) is 94.8 cm³/mol. The van der Waals surface area contributed by atoms with Gasteiger partial charge in [-0.15, -0.1) is 0 Å². The van der Waals surface area contributed by atoms with Crippen molar-refractivity contribution in [3.05, 3.63) is 43.0 Å². The van der Waals surface area contributed by atoms with E-state index < -0.39 is 0 Å². The van der Waals surface area contributed by atoms with Gasteiger partial charge in [-0.25, -0.2) is 9.78 Å². The first-order valence-electron chi connectivity index (χ1n) is 8.57. The molecule has 1 aliphatic heterocycles. The van der Waals surface area contributed by atoms with Gasteiger partial charge in [0.25, 0.3) is 0 Å². The molecule has 7 heteroatoms. The van der Waals surface area contributed by atoms with Crippen LogP contribution in [0.15, 0.2) is 43.0 Å². The number of hydrogen-bond acceptors (Lipinski definition) is 4. The molecule has 0 unspecified atom stereocenters. The van der Waals surface area contributed by atoms with E-state index >= 15 is 0 Å². The summed E-state index contributed by atoms with van der Waals surface area (Å²) in [6.07, 6.45) is 7.66. The SMILES string of the molecule is C[C@H](Cn1ccnc1)NC(=O)Nc1ccc(OC[C@H]2CCCO2)cc1. The third-order valence-corrected chi connectivity index (χ3v) is 3.99. The molecule has 0 saturated carbocycles. The van der Waals surface area contributed by atoms with E-state index in [1.807, 2.05) is 42.0 Å². The Hall–Kier alpha value is -2.54. The van der Waals surface area contributed by atoms with Gasteiger partial charge >= 0.3 is 6.03 Å². The summed E-state index contributed by atoms with van der Waals surface area (Å²) in [6.45, 7) is 4.01. The smallest absolute Gasteiger partial charge is 0.319 e. The Morgan fingerprint density at radius 3 is 2.96 bits per heavy atom. The maximum absolute atomic E-state index is 12.0. The molecule has 1 fully saturated rings. The van der Waals surface area contributed by atoms with Crippen LogP contribution in [0.4, 0.5) is 10.5 Å². The van der Waals surface area contributed by atoms with Gasteiger partial charge in [0.1, 0.15) is 12.4 Å². The molecular formula is C18H24N4O3. The normalized spacial score (nSPS) is 17.9. The molecule has 3 rings (SSSR count). The lowest BCUT2D eigenvalue weighted by Crippen LogP contribution is -2.38. The molecule has 134 valence electrons. The van der Waals surface area contributed by atoms with Crippen LogP contribution < -0.4 is 15.4 Å². The van der Waals surface area contributed by atoms with E-state index in [-0.39, 0.29) is 18.2 Å². The summed E-state index contributed by atoms with van der Waals surface area (Å²) in [4.78, 5) is 16.0. The van der Waals surface area contributed by atoms with Gasteiger partial charge in [-0.3, -0.25) is 0 Å². The second kappa shape index (κ2) is 8.53. The second-order valence-corrected chi connectivity index (χ2v) is 6.23. The van der Waals surface area contributed by atoms with Crippen LogP contribution in [0.2, 0.25) is 0 Å². The third kappa shape index (κ3) is 5.49. The molecule has 0 aliphatic carbocycles. The van der Waals surface area contributed by atoms with E-state index in [9.17, 15) is 4.79 Å². The summed E-state index contributed by atoms with van der Waals surface area (Å²) in [7, 11) is 0. The highest BCUT2D eigenvalue weighted by Crippen LogP contribution is 2.18. The van der Waals surface area contributed by atoms with Gasteiger partial charge in [-0.2, -0.15) is 0 Å². The molecule has 0 bridgehead atoms. The summed E-state index contributed by atoms with van der Waals surface area (Å²) in [5.41, 5.74) is 0.719. The Bertz CT molecular complexity index is 651. The molecule has 2 heterocycles. The number of urea groups is 1. The average molecular weight is 344 g/mol. The van der Waals surface area contributed by atoms with E-state index in [0.29, 0.717) is 13.2 Å². The fourth-order valence-electron chi connectivity index (χ4n) is 2.75. The Kier molecular flexibility index (Phi) is 5.90. The summed E-state index contributed by atoms with van der Waals surface area (Å²) >= 11 is 0. The highest BCUT2D eigenvalue weighted by molar-refractivity contribution is 5.89. The number of amides is 2. The van der Waals surface area contributed by atoms with Crippen molar-refractivity contribution in [2.75, 3.05) is 18.5 Å². The number of carbonyl (C=O) groups excluding carboxylic acids is 1. The van der Waals surface area contributed by atoms with E-state index in [4.69, 9.17) is 9.47 Å². The Labute approximate surface area is 147 Å². The quantitative estimate of drug-likeness (QED) is 0.809. The molecule has 25 heavy (non-hydrogen) atoms. The first kappa shape index (κ1) is 17.3. The lowest BCUT2D eigenvalue weighted by molar-refractivity contribution is 0.0679. The van der Waals surface area contributed by atoms with Crippen LogP contribution in [0.5, 0.6) is 5.75 Å². The standard InChI is InChI=1S/C18H24N4O3/c1-14(11-22-9-8-19-13-22)20-18(23)21-15-4-6-16(7-5-15)25-12-17-3-2-10-24-17/h4-9,13-14,17H,2-3,10-12H2,1H3,(H2,20,21,23)/t14-,17-/m1/s1. The molecule has 2 N–H and O–H groups in total. The van der Waals surface area contributed by atoms with Crippen molar-refractivity contribution < 1.29 is 14.3 Å². The largest absolute Gasteiger partial charge is 0.491 e. The van der Waals surface area contributed by atoms with E-state index in [1.54, 1.807) is 12.5 Å². The van der Waals surface area contributed by atoms with Gasteiger partial charge in [0, 0.05) is 37.3 Å². The second-order valence-electron chi connectivity index (χ2n) is 6.23. The molecule has 2 amide bonds. The monoisotopic (exact) mass is 344 g/mol. The average Bonchev–Trinajstić information content (AvgIpc) is 3.27. The molecular weight excluding hydrogens is 320 g/mol. The van der Waals surface area contributed by atoms with Gasteiger partial charge in [0.2, 0.25) is 0 Å². The van der Waals surface area contributed by atoms with Crippen LogP contribution in [0.1, 0.15) is 19.8 Å². The topological polar surface area (TPSA) is 77.4 Å². The first-order chi connectivity index (χ1) is 12.2. The highest BCUT2D eigenvalue weighted by Gasteiger charge is 2.16. The van der Waals surface area contributed by atoms with Crippen LogP contribution in [0.25, 0.3) is 0 Å². The number of carbonyl (C=O) groups is 1. The summed E-state index contributed by atoms with van der Waals surface area (Å²) < 4.78 is 13.2. The first-order valence-corrected chi connectivity index (χ1v) is 8.57. The molecule has 2 aromatic rings. The van der Waals surface area contributed by atoms with Gasteiger partial charge in [-0.05, 0) is 44.0 Å². The van der Waals surface area contributed by atoms with Crippen molar-refractivity contribution in [3.8, 4) is 5.75 Å². The molecule has 7 nitrogen and oxygen atoms in total. The van der Waals surface area contributed by atoms with Crippen molar-refractivity contribution in [3.63, 3.8) is 0 Å².